The molecule has 0 saturated carbocycles. The van der Waals surface area contributed by atoms with E-state index in [1.807, 2.05) is 37.3 Å². The van der Waals surface area contributed by atoms with E-state index in [9.17, 15) is 9.59 Å². The molecule has 5 heteroatoms. The summed E-state index contributed by atoms with van der Waals surface area (Å²) in [5.74, 6) is -0.447. The lowest BCUT2D eigenvalue weighted by Gasteiger charge is -2.14. The molecule has 1 heterocycles. The largest absolute Gasteiger partial charge is 0.422 e. The van der Waals surface area contributed by atoms with Gasteiger partial charge in [-0.25, -0.2) is 4.79 Å². The third-order valence-electron chi connectivity index (χ3n) is 3.59. The highest BCUT2D eigenvalue weighted by Gasteiger charge is 2.16. The lowest BCUT2D eigenvalue weighted by atomic mass is 10.1. The molecule has 3 aromatic rings. The maximum Gasteiger partial charge on any atom is 0.349 e. The van der Waals surface area contributed by atoms with Crippen molar-refractivity contribution in [2.75, 3.05) is 0 Å². The summed E-state index contributed by atoms with van der Waals surface area (Å²) in [7, 11) is 0. The average Bonchev–Trinajstić information content (AvgIpc) is 2.55. The first kappa shape index (κ1) is 15.5. The second-order valence-electron chi connectivity index (χ2n) is 5.24. The van der Waals surface area contributed by atoms with Crippen LogP contribution in [-0.4, -0.2) is 5.91 Å². The minimum atomic E-state index is -0.641. The highest BCUT2D eigenvalue weighted by molar-refractivity contribution is 9.10. The van der Waals surface area contributed by atoms with Crippen LogP contribution in [0.15, 0.2) is 68.3 Å². The van der Waals surface area contributed by atoms with Gasteiger partial charge in [0, 0.05) is 9.86 Å². The van der Waals surface area contributed by atoms with Crippen molar-refractivity contribution in [1.29, 1.82) is 0 Å². The average molecular weight is 372 g/mol. The molecular formula is C18H14BrNO3. The van der Waals surface area contributed by atoms with Crippen molar-refractivity contribution in [3.8, 4) is 0 Å². The zero-order valence-electron chi connectivity index (χ0n) is 12.4. The number of rotatable bonds is 3. The first-order valence-corrected chi connectivity index (χ1v) is 7.93. The van der Waals surface area contributed by atoms with Crippen LogP contribution in [0.4, 0.5) is 0 Å². The molecule has 0 fully saturated rings. The molecule has 1 amide bonds. The Morgan fingerprint density at radius 1 is 1.13 bits per heavy atom. The van der Waals surface area contributed by atoms with Gasteiger partial charge in [-0.05, 0) is 36.8 Å². The lowest BCUT2D eigenvalue weighted by molar-refractivity contribution is 0.0936. The smallest absolute Gasteiger partial charge is 0.349 e. The van der Waals surface area contributed by atoms with Crippen molar-refractivity contribution in [2.45, 2.75) is 13.0 Å². The first-order valence-electron chi connectivity index (χ1n) is 7.14. The number of benzene rings is 2. The Labute approximate surface area is 141 Å². The summed E-state index contributed by atoms with van der Waals surface area (Å²) in [6, 6.07) is 16.2. The zero-order valence-corrected chi connectivity index (χ0v) is 14.0. The van der Waals surface area contributed by atoms with Gasteiger partial charge in [0.2, 0.25) is 0 Å². The van der Waals surface area contributed by atoms with Crippen molar-refractivity contribution < 1.29 is 9.21 Å². The maximum absolute atomic E-state index is 12.4. The van der Waals surface area contributed by atoms with Gasteiger partial charge in [0.1, 0.15) is 11.1 Å². The first-order chi connectivity index (χ1) is 11.0. The minimum Gasteiger partial charge on any atom is -0.422 e. The fraction of sp³-hybridized carbons (Fsp3) is 0.111. The third-order valence-corrected chi connectivity index (χ3v) is 4.08. The fourth-order valence-electron chi connectivity index (χ4n) is 2.35. The summed E-state index contributed by atoms with van der Waals surface area (Å²) >= 11 is 3.36. The van der Waals surface area contributed by atoms with E-state index in [0.717, 1.165) is 10.0 Å². The Kier molecular flexibility index (Phi) is 4.30. The van der Waals surface area contributed by atoms with Gasteiger partial charge in [-0.15, -0.1) is 0 Å². The van der Waals surface area contributed by atoms with Gasteiger partial charge in [0.25, 0.3) is 5.91 Å². The number of fused-ring (bicyclic) bond motifs is 1. The van der Waals surface area contributed by atoms with Crippen LogP contribution in [0.25, 0.3) is 11.0 Å². The summed E-state index contributed by atoms with van der Waals surface area (Å²) in [5, 5.41) is 3.51. The predicted molar refractivity (Wildman–Crippen MR) is 92.5 cm³/mol. The van der Waals surface area contributed by atoms with Crippen LogP contribution in [0.1, 0.15) is 28.9 Å². The van der Waals surface area contributed by atoms with Gasteiger partial charge in [-0.1, -0.05) is 46.3 Å². The molecule has 1 aromatic heterocycles. The topological polar surface area (TPSA) is 59.3 Å². The number of hydrogen-bond donors (Lipinski definition) is 1. The Hall–Kier alpha value is -2.40. The number of halogens is 1. The van der Waals surface area contributed by atoms with E-state index in [1.165, 1.54) is 0 Å². The molecule has 0 aliphatic carbocycles. The molecule has 1 N–H and O–H groups in total. The van der Waals surface area contributed by atoms with Gasteiger partial charge in [-0.2, -0.15) is 0 Å². The third kappa shape index (κ3) is 3.35. The fourth-order valence-corrected chi connectivity index (χ4v) is 2.73. The molecule has 0 radical (unpaired) electrons. The minimum absolute atomic E-state index is 0.00150. The second kappa shape index (κ2) is 6.38. The zero-order chi connectivity index (χ0) is 16.4. The lowest BCUT2D eigenvalue weighted by Crippen LogP contribution is -2.30. The van der Waals surface area contributed by atoms with E-state index in [1.54, 1.807) is 24.3 Å². The Morgan fingerprint density at radius 2 is 1.87 bits per heavy atom. The second-order valence-corrected chi connectivity index (χ2v) is 6.15. The monoisotopic (exact) mass is 371 g/mol. The van der Waals surface area contributed by atoms with Crippen LogP contribution in [-0.2, 0) is 0 Å². The molecule has 23 heavy (non-hydrogen) atoms. The number of amides is 1. The van der Waals surface area contributed by atoms with Crippen molar-refractivity contribution in [3.63, 3.8) is 0 Å². The maximum atomic E-state index is 12.4. The summed E-state index contributed by atoms with van der Waals surface area (Å²) in [4.78, 5) is 24.4. The van der Waals surface area contributed by atoms with Gasteiger partial charge in [-0.3, -0.25) is 4.79 Å². The molecule has 0 bridgehead atoms. The van der Waals surface area contributed by atoms with Crippen LogP contribution in [0, 0.1) is 0 Å². The van der Waals surface area contributed by atoms with Crippen molar-refractivity contribution in [2.24, 2.45) is 0 Å². The summed E-state index contributed by atoms with van der Waals surface area (Å²) in [6.07, 6.45) is 0. The van der Waals surface area contributed by atoms with Crippen LogP contribution in [0.5, 0.6) is 0 Å². The van der Waals surface area contributed by atoms with Crippen LogP contribution in [0.2, 0.25) is 0 Å². The molecule has 0 aliphatic heterocycles. The molecule has 0 unspecified atom stereocenters. The van der Waals surface area contributed by atoms with Gasteiger partial charge in [0.05, 0.1) is 6.04 Å². The molecule has 0 spiro atoms. The normalized spacial score (nSPS) is 12.1. The Bertz CT molecular complexity index is 918. The Morgan fingerprint density at radius 3 is 2.61 bits per heavy atom. The standard InChI is InChI=1S/C18H14BrNO3/c1-11(12-5-3-2-4-6-12)20-17(21)15-10-13-9-14(19)7-8-16(13)23-18(15)22/h2-11H,1H3,(H,20,21)/t11-/m1/s1. The molecule has 3 rings (SSSR count). The number of nitrogens with one attached hydrogen (secondary N) is 1. The van der Waals surface area contributed by atoms with Crippen LogP contribution < -0.4 is 10.9 Å². The number of carbonyl (C=O) groups excluding carboxylic acids is 1. The number of carbonyl (C=O) groups is 1. The van der Waals surface area contributed by atoms with Crippen molar-refractivity contribution in [3.05, 3.63) is 80.6 Å². The van der Waals surface area contributed by atoms with E-state index in [-0.39, 0.29) is 11.6 Å². The molecule has 2 aromatic carbocycles. The molecular weight excluding hydrogens is 358 g/mol. The molecule has 0 aliphatic rings. The van der Waals surface area contributed by atoms with E-state index < -0.39 is 11.5 Å². The Balaban J connectivity index is 1.91. The quantitative estimate of drug-likeness (QED) is 0.706. The van der Waals surface area contributed by atoms with Gasteiger partial charge >= 0.3 is 5.63 Å². The van der Waals surface area contributed by atoms with E-state index in [2.05, 4.69) is 21.2 Å². The summed E-state index contributed by atoms with van der Waals surface area (Å²) in [5.41, 5.74) is 0.774. The van der Waals surface area contributed by atoms with Gasteiger partial charge < -0.3 is 9.73 Å². The highest BCUT2D eigenvalue weighted by atomic mass is 79.9. The van der Waals surface area contributed by atoms with E-state index >= 15 is 0 Å². The summed E-state index contributed by atoms with van der Waals surface area (Å²) in [6.45, 7) is 1.87. The summed E-state index contributed by atoms with van der Waals surface area (Å²) < 4.78 is 6.07. The molecule has 1 atom stereocenters. The highest BCUT2D eigenvalue weighted by Crippen LogP contribution is 2.19. The molecule has 4 nitrogen and oxygen atoms in total. The van der Waals surface area contributed by atoms with E-state index in [0.29, 0.717) is 11.0 Å². The molecule has 116 valence electrons. The van der Waals surface area contributed by atoms with Crippen molar-refractivity contribution >= 4 is 32.8 Å². The van der Waals surface area contributed by atoms with Crippen molar-refractivity contribution in [1.82, 2.24) is 5.32 Å². The number of hydrogen-bond acceptors (Lipinski definition) is 3. The molecule has 0 saturated heterocycles. The van der Waals surface area contributed by atoms with Gasteiger partial charge in [0.15, 0.2) is 0 Å². The predicted octanol–water partition coefficient (Wildman–Crippen LogP) is 4.05. The van der Waals surface area contributed by atoms with E-state index in [4.69, 9.17) is 4.42 Å². The SMILES string of the molecule is C[C@@H](NC(=O)c1cc2cc(Br)ccc2oc1=O)c1ccccc1. The van der Waals surface area contributed by atoms with Crippen LogP contribution >= 0.6 is 15.9 Å². The van der Waals surface area contributed by atoms with Crippen LogP contribution in [0.3, 0.4) is 0 Å².